The highest BCUT2D eigenvalue weighted by Gasteiger charge is 2.52. The van der Waals surface area contributed by atoms with Gasteiger partial charge >= 0.3 is 5.97 Å². The van der Waals surface area contributed by atoms with E-state index in [1.54, 1.807) is 6.08 Å². The van der Waals surface area contributed by atoms with Crippen molar-refractivity contribution in [3.63, 3.8) is 0 Å². The zero-order valence-electron chi connectivity index (χ0n) is 9.98. The number of benzene rings is 1. The van der Waals surface area contributed by atoms with E-state index in [2.05, 4.69) is 4.74 Å². The average Bonchev–Trinajstić information content (AvgIpc) is 2.69. The number of Topliss-reactive ketones (excluding diaryl/α,β-unsaturated/α-hetero) is 1. The minimum Gasteiger partial charge on any atom is -0.466 e. The zero-order valence-corrected chi connectivity index (χ0v) is 9.98. The highest BCUT2D eigenvalue weighted by atomic mass is 19.1. The molecule has 1 aliphatic rings. The van der Waals surface area contributed by atoms with Crippen LogP contribution in [0.15, 0.2) is 35.9 Å². The molecule has 1 aromatic carbocycles. The number of ether oxygens (including phenoxy) is 1. The van der Waals surface area contributed by atoms with E-state index < -0.39 is 17.4 Å². The Balaban J connectivity index is 2.28. The van der Waals surface area contributed by atoms with E-state index >= 15 is 0 Å². The Hall–Kier alpha value is -1.97. The lowest BCUT2D eigenvalue weighted by Gasteiger charge is -2.13. The van der Waals surface area contributed by atoms with Crippen molar-refractivity contribution in [1.82, 2.24) is 0 Å². The number of halogens is 1. The molecule has 0 N–H and O–H groups in total. The molecule has 0 spiro atoms. The highest BCUT2D eigenvalue weighted by molar-refractivity contribution is 6.18. The second-order valence-corrected chi connectivity index (χ2v) is 4.20. The van der Waals surface area contributed by atoms with Crippen LogP contribution < -0.4 is 0 Å². The summed E-state index contributed by atoms with van der Waals surface area (Å²) in [6.07, 6.45) is 1.73. The summed E-state index contributed by atoms with van der Waals surface area (Å²) < 4.78 is 18.5. The Morgan fingerprint density at radius 2 is 2.06 bits per heavy atom. The SMILES string of the molecule is COC(=O)[C@@]1(F)CC/C(=C\c2ccccc2)C1=O. The van der Waals surface area contributed by atoms with Crippen molar-refractivity contribution in [2.24, 2.45) is 0 Å². The third-order valence-electron chi connectivity index (χ3n) is 3.04. The third-order valence-corrected chi connectivity index (χ3v) is 3.04. The van der Waals surface area contributed by atoms with Crippen molar-refractivity contribution >= 4 is 17.8 Å². The van der Waals surface area contributed by atoms with E-state index in [4.69, 9.17) is 0 Å². The fourth-order valence-electron chi connectivity index (χ4n) is 2.03. The summed E-state index contributed by atoms with van der Waals surface area (Å²) in [5.41, 5.74) is -1.36. The van der Waals surface area contributed by atoms with Crippen molar-refractivity contribution in [3.05, 3.63) is 41.5 Å². The maximum atomic E-state index is 14.2. The number of allylic oxidation sites excluding steroid dienone is 1. The summed E-state index contributed by atoms with van der Waals surface area (Å²) in [7, 11) is 1.08. The Morgan fingerprint density at radius 1 is 1.39 bits per heavy atom. The number of ketones is 1. The quantitative estimate of drug-likeness (QED) is 0.458. The van der Waals surface area contributed by atoms with Gasteiger partial charge < -0.3 is 4.74 Å². The maximum absolute atomic E-state index is 14.2. The van der Waals surface area contributed by atoms with E-state index in [0.29, 0.717) is 5.57 Å². The monoisotopic (exact) mass is 248 g/mol. The van der Waals surface area contributed by atoms with E-state index in [9.17, 15) is 14.0 Å². The molecule has 1 aliphatic carbocycles. The molecule has 94 valence electrons. The van der Waals surface area contributed by atoms with Gasteiger partial charge in [0.1, 0.15) is 0 Å². The van der Waals surface area contributed by atoms with Gasteiger partial charge in [-0.3, -0.25) is 4.79 Å². The fraction of sp³-hybridized carbons (Fsp3) is 0.286. The van der Waals surface area contributed by atoms with E-state index in [-0.39, 0.29) is 12.8 Å². The molecule has 0 radical (unpaired) electrons. The Kier molecular flexibility index (Phi) is 3.28. The second-order valence-electron chi connectivity index (χ2n) is 4.20. The maximum Gasteiger partial charge on any atom is 0.351 e. The van der Waals surface area contributed by atoms with E-state index in [1.807, 2.05) is 30.3 Å². The summed E-state index contributed by atoms with van der Waals surface area (Å²) in [6, 6.07) is 9.14. The van der Waals surface area contributed by atoms with Crippen LogP contribution in [0.1, 0.15) is 18.4 Å². The van der Waals surface area contributed by atoms with Crippen molar-refractivity contribution in [3.8, 4) is 0 Å². The largest absolute Gasteiger partial charge is 0.466 e. The van der Waals surface area contributed by atoms with Gasteiger partial charge in [-0.15, -0.1) is 0 Å². The summed E-state index contributed by atoms with van der Waals surface area (Å²) in [6.45, 7) is 0. The van der Waals surface area contributed by atoms with Crippen LogP contribution in [0.3, 0.4) is 0 Å². The molecule has 3 nitrogen and oxygen atoms in total. The number of hydrogen-bond donors (Lipinski definition) is 0. The molecule has 1 aromatic rings. The third kappa shape index (κ3) is 2.06. The number of carbonyl (C=O) groups is 2. The number of esters is 1. The molecular formula is C14H13FO3. The van der Waals surface area contributed by atoms with Gasteiger partial charge in [0.25, 0.3) is 5.67 Å². The fourth-order valence-corrected chi connectivity index (χ4v) is 2.03. The molecule has 2 rings (SSSR count). The molecule has 1 atom stereocenters. The van der Waals surface area contributed by atoms with Gasteiger partial charge in [-0.1, -0.05) is 30.3 Å². The normalized spacial score (nSPS) is 25.4. The molecule has 4 heteroatoms. The molecule has 18 heavy (non-hydrogen) atoms. The van der Waals surface area contributed by atoms with Gasteiger partial charge in [-0.05, 0) is 23.6 Å². The van der Waals surface area contributed by atoms with Crippen LogP contribution in [-0.4, -0.2) is 24.5 Å². The summed E-state index contributed by atoms with van der Waals surface area (Å²) in [4.78, 5) is 23.2. The molecule has 1 fully saturated rings. The average molecular weight is 248 g/mol. The first-order valence-electron chi connectivity index (χ1n) is 5.65. The van der Waals surface area contributed by atoms with Crippen LogP contribution >= 0.6 is 0 Å². The van der Waals surface area contributed by atoms with Gasteiger partial charge in [-0.2, -0.15) is 0 Å². The first-order chi connectivity index (χ1) is 8.58. The first kappa shape index (κ1) is 12.5. The lowest BCUT2D eigenvalue weighted by atomic mass is 10.0. The minimum atomic E-state index is -2.50. The predicted octanol–water partition coefficient (Wildman–Crippen LogP) is 2.31. The lowest BCUT2D eigenvalue weighted by molar-refractivity contribution is -0.157. The molecular weight excluding hydrogens is 235 g/mol. The number of methoxy groups -OCH3 is 1. The zero-order chi connectivity index (χ0) is 13.2. The Morgan fingerprint density at radius 3 is 2.67 bits per heavy atom. The summed E-state index contributed by atoms with van der Waals surface area (Å²) in [5.74, 6) is -1.89. The number of rotatable bonds is 2. The minimum absolute atomic E-state index is 0.142. The van der Waals surface area contributed by atoms with E-state index in [1.165, 1.54) is 0 Å². The molecule has 0 unspecified atom stereocenters. The van der Waals surface area contributed by atoms with Gasteiger partial charge in [0.15, 0.2) is 0 Å². The van der Waals surface area contributed by atoms with Crippen LogP contribution in [0.25, 0.3) is 6.08 Å². The summed E-state index contributed by atoms with van der Waals surface area (Å²) in [5, 5.41) is 0. The smallest absolute Gasteiger partial charge is 0.351 e. The summed E-state index contributed by atoms with van der Waals surface area (Å²) >= 11 is 0. The molecule has 0 saturated heterocycles. The van der Waals surface area contributed by atoms with Crippen LogP contribution in [0.4, 0.5) is 4.39 Å². The number of alkyl halides is 1. The van der Waals surface area contributed by atoms with Crippen molar-refractivity contribution in [2.75, 3.05) is 7.11 Å². The van der Waals surface area contributed by atoms with Crippen LogP contribution in [0, 0.1) is 0 Å². The topological polar surface area (TPSA) is 43.4 Å². The second kappa shape index (κ2) is 4.72. The standard InChI is InChI=1S/C14H13FO3/c1-18-13(17)14(15)8-7-11(12(14)16)9-10-5-3-2-4-6-10/h2-6,9H,7-8H2,1H3/b11-9+/t14-/m1/s1. The van der Waals surface area contributed by atoms with Gasteiger partial charge in [0.2, 0.25) is 5.78 Å². The molecule has 1 saturated carbocycles. The lowest BCUT2D eigenvalue weighted by Crippen LogP contribution is -2.39. The van der Waals surface area contributed by atoms with Crippen molar-refractivity contribution < 1.29 is 18.7 Å². The predicted molar refractivity (Wildman–Crippen MR) is 64.5 cm³/mol. The molecule has 0 heterocycles. The highest BCUT2D eigenvalue weighted by Crippen LogP contribution is 2.35. The van der Waals surface area contributed by atoms with Gasteiger partial charge in [-0.25, -0.2) is 9.18 Å². The van der Waals surface area contributed by atoms with Crippen LogP contribution in [0.5, 0.6) is 0 Å². The Labute approximate surface area is 104 Å². The molecule has 0 amide bonds. The molecule has 0 aromatic heterocycles. The van der Waals surface area contributed by atoms with Gasteiger partial charge in [0.05, 0.1) is 7.11 Å². The van der Waals surface area contributed by atoms with Crippen molar-refractivity contribution in [2.45, 2.75) is 18.5 Å². The number of hydrogen-bond acceptors (Lipinski definition) is 3. The Bertz CT molecular complexity index is 507. The molecule has 0 bridgehead atoms. The van der Waals surface area contributed by atoms with Crippen molar-refractivity contribution in [1.29, 1.82) is 0 Å². The first-order valence-corrected chi connectivity index (χ1v) is 5.65. The van der Waals surface area contributed by atoms with Gasteiger partial charge in [0, 0.05) is 6.42 Å². The molecule has 0 aliphatic heterocycles. The van der Waals surface area contributed by atoms with E-state index in [0.717, 1.165) is 12.7 Å². The van der Waals surface area contributed by atoms with Crippen LogP contribution in [-0.2, 0) is 14.3 Å². The number of carbonyl (C=O) groups excluding carboxylic acids is 2. The van der Waals surface area contributed by atoms with Crippen LogP contribution in [0.2, 0.25) is 0 Å².